The molecule has 1 atom stereocenters. The van der Waals surface area contributed by atoms with Crippen LogP contribution < -0.4 is 0 Å². The highest BCUT2D eigenvalue weighted by molar-refractivity contribution is 5.71. The highest BCUT2D eigenvalue weighted by atomic mass is 16.6. The molecule has 1 unspecified atom stereocenters. The van der Waals surface area contributed by atoms with Gasteiger partial charge in [-0.2, -0.15) is 0 Å². The van der Waals surface area contributed by atoms with Crippen molar-refractivity contribution in [3.05, 3.63) is 60.8 Å². The van der Waals surface area contributed by atoms with Crippen LogP contribution in [0, 0.1) is 0 Å². The normalized spacial score (nSPS) is 12.4. The second kappa shape index (κ2) is 58.7. The highest BCUT2D eigenvalue weighted by Gasteiger charge is 2.19. The molecular weight excluding hydrogens is 865 g/mol. The van der Waals surface area contributed by atoms with Crippen LogP contribution in [0.15, 0.2) is 60.8 Å². The molecule has 0 saturated carbocycles. The summed E-state index contributed by atoms with van der Waals surface area (Å²) >= 11 is 0. The average Bonchev–Trinajstić information content (AvgIpc) is 3.36. The maximum atomic E-state index is 12.9. The molecule has 0 aliphatic heterocycles. The van der Waals surface area contributed by atoms with Crippen molar-refractivity contribution in [2.45, 2.75) is 316 Å². The van der Waals surface area contributed by atoms with Crippen LogP contribution in [0.4, 0.5) is 0 Å². The Balaban J connectivity index is 4.31. The first kappa shape index (κ1) is 67.1. The zero-order chi connectivity index (χ0) is 50.7. The van der Waals surface area contributed by atoms with Crippen molar-refractivity contribution < 1.29 is 28.6 Å². The van der Waals surface area contributed by atoms with Crippen LogP contribution in [0.5, 0.6) is 0 Å². The van der Waals surface area contributed by atoms with Crippen LogP contribution in [0.2, 0.25) is 0 Å². The molecule has 0 aromatic heterocycles. The lowest BCUT2D eigenvalue weighted by atomic mass is 10.1. The smallest absolute Gasteiger partial charge is 0.306 e. The number of hydrogen-bond acceptors (Lipinski definition) is 6. The fourth-order valence-corrected chi connectivity index (χ4v) is 8.66. The summed E-state index contributed by atoms with van der Waals surface area (Å²) in [6.45, 7) is 6.62. The van der Waals surface area contributed by atoms with Crippen molar-refractivity contribution in [2.24, 2.45) is 0 Å². The molecule has 0 fully saturated rings. The molecule has 6 nitrogen and oxygen atoms in total. The van der Waals surface area contributed by atoms with Gasteiger partial charge < -0.3 is 14.2 Å². The van der Waals surface area contributed by atoms with Gasteiger partial charge in [0, 0.05) is 19.3 Å². The fourth-order valence-electron chi connectivity index (χ4n) is 8.66. The Bertz CT molecular complexity index is 1260. The summed E-state index contributed by atoms with van der Waals surface area (Å²) < 4.78 is 16.9. The first-order chi connectivity index (χ1) is 34.5. The summed E-state index contributed by atoms with van der Waals surface area (Å²) in [6.07, 6.45) is 73.6. The molecule has 0 spiro atoms. The number of hydrogen-bond donors (Lipinski definition) is 0. The van der Waals surface area contributed by atoms with Crippen LogP contribution in [0.3, 0.4) is 0 Å². The van der Waals surface area contributed by atoms with Gasteiger partial charge in [-0.3, -0.25) is 14.4 Å². The van der Waals surface area contributed by atoms with E-state index < -0.39 is 6.10 Å². The van der Waals surface area contributed by atoms with Crippen molar-refractivity contribution >= 4 is 17.9 Å². The first-order valence-corrected chi connectivity index (χ1v) is 30.3. The Hall–Kier alpha value is -2.89. The Morgan fingerprint density at radius 1 is 0.286 bits per heavy atom. The van der Waals surface area contributed by atoms with Crippen LogP contribution >= 0.6 is 0 Å². The Morgan fingerprint density at radius 2 is 0.514 bits per heavy atom. The van der Waals surface area contributed by atoms with Gasteiger partial charge in [-0.25, -0.2) is 0 Å². The predicted octanol–water partition coefficient (Wildman–Crippen LogP) is 20.4. The monoisotopic (exact) mass is 979 g/mol. The second-order valence-electron chi connectivity index (χ2n) is 20.3. The van der Waals surface area contributed by atoms with Crippen LogP contribution in [-0.4, -0.2) is 37.2 Å². The van der Waals surface area contributed by atoms with Gasteiger partial charge in [-0.1, -0.05) is 261 Å². The minimum atomic E-state index is -0.780. The third-order valence-electron chi connectivity index (χ3n) is 13.2. The summed E-state index contributed by atoms with van der Waals surface area (Å²) in [5.41, 5.74) is 0. The zero-order valence-electron chi connectivity index (χ0n) is 46.5. The van der Waals surface area contributed by atoms with Crippen molar-refractivity contribution in [1.82, 2.24) is 0 Å². The molecule has 70 heavy (non-hydrogen) atoms. The molecule has 0 aromatic carbocycles. The minimum absolute atomic E-state index is 0.0774. The van der Waals surface area contributed by atoms with E-state index in [1.54, 1.807) is 0 Å². The number of rotatable bonds is 55. The number of carbonyl (C=O) groups is 3. The van der Waals surface area contributed by atoms with E-state index in [1.807, 2.05) is 0 Å². The maximum Gasteiger partial charge on any atom is 0.306 e. The standard InChI is InChI=1S/C64H114O6/c1-4-7-10-13-16-19-22-24-26-28-30-31-32-33-34-36-37-39-42-45-48-51-54-57-63(66)69-60-61(59-68-62(65)56-53-50-47-44-41-21-18-15-12-9-6-3)70-64(67)58-55-52-49-46-43-40-38-35-29-27-25-23-20-17-14-11-8-5-2/h20,22-24,27-30,32-33,61H,4-19,21,25-26,31,34-60H2,1-3H3/b23-20-,24-22-,29-27-,30-28-,33-32-. The molecule has 0 rings (SSSR count). The quantitative estimate of drug-likeness (QED) is 0.0261. The van der Waals surface area contributed by atoms with Crippen molar-refractivity contribution in [2.75, 3.05) is 13.2 Å². The molecule has 0 radical (unpaired) electrons. The van der Waals surface area contributed by atoms with Crippen molar-refractivity contribution in [3.8, 4) is 0 Å². The van der Waals surface area contributed by atoms with Gasteiger partial charge >= 0.3 is 17.9 Å². The third-order valence-corrected chi connectivity index (χ3v) is 13.2. The molecule has 406 valence electrons. The van der Waals surface area contributed by atoms with Crippen molar-refractivity contribution in [3.63, 3.8) is 0 Å². The molecule has 0 aliphatic carbocycles. The molecule has 0 aromatic rings. The second-order valence-corrected chi connectivity index (χ2v) is 20.3. The minimum Gasteiger partial charge on any atom is -0.462 e. The SMILES string of the molecule is CCCCCC/C=C\C/C=C\CCCCCCCCCC(=O)OC(COC(=O)CCCCCCCCCC/C=C\C/C=C\C/C=C\CCCCCCC)COC(=O)CCCCCCCCCCCCC. The highest BCUT2D eigenvalue weighted by Crippen LogP contribution is 2.16. The lowest BCUT2D eigenvalue weighted by Crippen LogP contribution is -2.30. The first-order valence-electron chi connectivity index (χ1n) is 30.3. The summed E-state index contributed by atoms with van der Waals surface area (Å²) in [5, 5.41) is 0. The van der Waals surface area contributed by atoms with Crippen LogP contribution in [-0.2, 0) is 28.6 Å². The molecule has 0 saturated heterocycles. The van der Waals surface area contributed by atoms with E-state index >= 15 is 0 Å². The van der Waals surface area contributed by atoms with Gasteiger partial charge in [0.25, 0.3) is 0 Å². The topological polar surface area (TPSA) is 78.9 Å². The lowest BCUT2D eigenvalue weighted by Gasteiger charge is -2.18. The van der Waals surface area contributed by atoms with E-state index in [-0.39, 0.29) is 31.1 Å². The number of carbonyl (C=O) groups excluding carboxylic acids is 3. The lowest BCUT2D eigenvalue weighted by molar-refractivity contribution is -0.167. The summed E-state index contributed by atoms with van der Waals surface area (Å²) in [4.78, 5) is 38.2. The van der Waals surface area contributed by atoms with E-state index in [1.165, 1.54) is 180 Å². The van der Waals surface area contributed by atoms with E-state index in [9.17, 15) is 14.4 Å². The van der Waals surface area contributed by atoms with Gasteiger partial charge in [-0.05, 0) is 89.9 Å². The maximum absolute atomic E-state index is 12.9. The van der Waals surface area contributed by atoms with Crippen LogP contribution in [0.1, 0.15) is 310 Å². The molecule has 0 amide bonds. The number of esters is 3. The summed E-state index contributed by atoms with van der Waals surface area (Å²) in [7, 11) is 0. The molecular formula is C64H114O6. The Labute approximate surface area is 434 Å². The van der Waals surface area contributed by atoms with Gasteiger partial charge in [0.05, 0.1) is 0 Å². The van der Waals surface area contributed by atoms with Gasteiger partial charge in [0.2, 0.25) is 0 Å². The van der Waals surface area contributed by atoms with Gasteiger partial charge in [0.15, 0.2) is 6.10 Å². The van der Waals surface area contributed by atoms with Gasteiger partial charge in [-0.15, -0.1) is 0 Å². The molecule has 0 aliphatic rings. The Kier molecular flexibility index (Phi) is 56.3. The largest absolute Gasteiger partial charge is 0.462 e. The fraction of sp³-hybridized carbons (Fsp3) is 0.797. The number of allylic oxidation sites excluding steroid dienone is 10. The predicted molar refractivity (Wildman–Crippen MR) is 302 cm³/mol. The summed E-state index contributed by atoms with van der Waals surface area (Å²) in [6, 6.07) is 0. The molecule has 0 heterocycles. The summed E-state index contributed by atoms with van der Waals surface area (Å²) in [5.74, 6) is -0.881. The van der Waals surface area contributed by atoms with E-state index in [0.717, 1.165) is 89.9 Å². The van der Waals surface area contributed by atoms with Crippen molar-refractivity contribution in [1.29, 1.82) is 0 Å². The van der Waals surface area contributed by atoms with E-state index in [2.05, 4.69) is 81.5 Å². The molecule has 6 heteroatoms. The Morgan fingerprint density at radius 3 is 0.814 bits per heavy atom. The average molecular weight is 980 g/mol. The third kappa shape index (κ3) is 56.0. The number of ether oxygens (including phenoxy) is 3. The van der Waals surface area contributed by atoms with E-state index in [4.69, 9.17) is 14.2 Å². The molecule has 0 N–H and O–H groups in total. The molecule has 0 bridgehead atoms. The van der Waals surface area contributed by atoms with Crippen LogP contribution in [0.25, 0.3) is 0 Å². The zero-order valence-corrected chi connectivity index (χ0v) is 46.5. The number of unbranched alkanes of at least 4 members (excludes halogenated alkanes) is 34. The van der Waals surface area contributed by atoms with Gasteiger partial charge in [0.1, 0.15) is 13.2 Å². The van der Waals surface area contributed by atoms with E-state index in [0.29, 0.717) is 19.3 Å².